The van der Waals surface area contributed by atoms with Gasteiger partial charge in [-0.25, -0.2) is 4.79 Å². The zero-order valence-electron chi connectivity index (χ0n) is 15.8. The molecule has 3 aliphatic rings. The summed E-state index contributed by atoms with van der Waals surface area (Å²) < 4.78 is 5.25. The van der Waals surface area contributed by atoms with Crippen molar-refractivity contribution in [1.82, 2.24) is 9.80 Å². The summed E-state index contributed by atoms with van der Waals surface area (Å²) in [5, 5.41) is 3.06. The van der Waals surface area contributed by atoms with Crippen LogP contribution in [0.1, 0.15) is 18.4 Å². The number of methoxy groups -OCH3 is 1. The van der Waals surface area contributed by atoms with E-state index in [0.717, 1.165) is 44.0 Å². The Kier molecular flexibility index (Phi) is 5.30. The maximum atomic E-state index is 12.8. The highest BCUT2D eigenvalue weighted by Crippen LogP contribution is 2.29. The number of hydrogen-bond acceptors (Lipinski definition) is 3. The predicted octanol–water partition coefficient (Wildman–Crippen LogP) is 3.82. The minimum absolute atomic E-state index is 0.0298. The SMILES string of the molecule is COc1ccc(CN2C[C@H]3CC[C@@H](C2)N(C(=O)Nc2ccccc2)C3)cc1. The first-order chi connectivity index (χ1) is 13.2. The molecule has 2 aromatic carbocycles. The molecular formula is C22H27N3O2. The summed E-state index contributed by atoms with van der Waals surface area (Å²) in [6.45, 7) is 3.76. The van der Waals surface area contributed by atoms with Crippen LogP contribution in [0.15, 0.2) is 54.6 Å². The smallest absolute Gasteiger partial charge is 0.322 e. The fourth-order valence-corrected chi connectivity index (χ4v) is 4.26. The number of hydrogen-bond donors (Lipinski definition) is 1. The van der Waals surface area contributed by atoms with E-state index in [4.69, 9.17) is 4.74 Å². The molecule has 27 heavy (non-hydrogen) atoms. The number of carbonyl (C=O) groups is 1. The van der Waals surface area contributed by atoms with Crippen molar-refractivity contribution in [2.45, 2.75) is 25.4 Å². The van der Waals surface area contributed by atoms with Gasteiger partial charge in [0.15, 0.2) is 0 Å². The minimum Gasteiger partial charge on any atom is -0.497 e. The van der Waals surface area contributed by atoms with Gasteiger partial charge in [-0.2, -0.15) is 0 Å². The van der Waals surface area contributed by atoms with E-state index in [2.05, 4.69) is 27.2 Å². The molecule has 3 saturated heterocycles. The van der Waals surface area contributed by atoms with Gasteiger partial charge >= 0.3 is 6.03 Å². The molecule has 3 fully saturated rings. The molecule has 3 heterocycles. The molecular weight excluding hydrogens is 338 g/mol. The van der Waals surface area contributed by atoms with Gasteiger partial charge in [-0.15, -0.1) is 0 Å². The third kappa shape index (κ3) is 4.25. The molecule has 1 N–H and O–H groups in total. The average Bonchev–Trinajstić information content (AvgIpc) is 3.00. The largest absolute Gasteiger partial charge is 0.497 e. The van der Waals surface area contributed by atoms with Gasteiger partial charge in [0.25, 0.3) is 0 Å². The number of amides is 2. The van der Waals surface area contributed by atoms with E-state index in [1.165, 1.54) is 12.0 Å². The van der Waals surface area contributed by atoms with Crippen molar-refractivity contribution in [3.05, 3.63) is 60.2 Å². The Bertz CT molecular complexity index is 763. The Morgan fingerprint density at radius 2 is 1.81 bits per heavy atom. The summed E-state index contributed by atoms with van der Waals surface area (Å²) in [4.78, 5) is 17.4. The topological polar surface area (TPSA) is 44.8 Å². The Balaban J connectivity index is 1.41. The second kappa shape index (κ2) is 8.01. The second-order valence-corrected chi connectivity index (χ2v) is 7.59. The molecule has 0 aromatic heterocycles. The van der Waals surface area contributed by atoms with Gasteiger partial charge in [0, 0.05) is 37.9 Å². The van der Waals surface area contributed by atoms with Crippen LogP contribution in [0.5, 0.6) is 5.75 Å². The van der Waals surface area contributed by atoms with E-state index in [9.17, 15) is 4.79 Å². The van der Waals surface area contributed by atoms with Crippen LogP contribution in [-0.2, 0) is 6.54 Å². The molecule has 0 aliphatic carbocycles. The van der Waals surface area contributed by atoms with E-state index < -0.39 is 0 Å². The highest BCUT2D eigenvalue weighted by atomic mass is 16.5. The summed E-state index contributed by atoms with van der Waals surface area (Å²) in [7, 11) is 1.69. The van der Waals surface area contributed by atoms with Crippen LogP contribution < -0.4 is 10.1 Å². The van der Waals surface area contributed by atoms with E-state index in [0.29, 0.717) is 5.92 Å². The molecule has 142 valence electrons. The lowest BCUT2D eigenvalue weighted by Gasteiger charge is -2.36. The molecule has 5 nitrogen and oxygen atoms in total. The molecule has 2 amide bonds. The molecule has 0 unspecified atom stereocenters. The van der Waals surface area contributed by atoms with Crippen LogP contribution in [0.2, 0.25) is 0 Å². The summed E-state index contributed by atoms with van der Waals surface area (Å²) in [6.07, 6.45) is 2.30. The molecule has 2 atom stereocenters. The fraction of sp³-hybridized carbons (Fsp3) is 0.409. The number of urea groups is 1. The van der Waals surface area contributed by atoms with Crippen LogP contribution >= 0.6 is 0 Å². The van der Waals surface area contributed by atoms with E-state index in [1.807, 2.05) is 42.5 Å². The Morgan fingerprint density at radius 1 is 1.04 bits per heavy atom. The molecule has 0 spiro atoms. The van der Waals surface area contributed by atoms with Crippen molar-refractivity contribution >= 4 is 11.7 Å². The maximum absolute atomic E-state index is 12.8. The highest BCUT2D eigenvalue weighted by Gasteiger charge is 2.37. The summed E-state index contributed by atoms with van der Waals surface area (Å²) in [5.74, 6) is 1.43. The van der Waals surface area contributed by atoms with Gasteiger partial charge in [-0.05, 0) is 48.6 Å². The van der Waals surface area contributed by atoms with Crippen LogP contribution in [0.25, 0.3) is 0 Å². The number of para-hydroxylation sites is 1. The standard InChI is InChI=1S/C22H27N3O2/c1-27-21-11-8-17(9-12-21)13-24-14-18-7-10-20(16-24)25(15-18)22(26)23-19-5-3-2-4-6-19/h2-6,8-9,11-12,18,20H,7,10,13-16H2,1H3,(H,23,26)/t18-,20+/m1/s1. The number of anilines is 1. The summed E-state index contributed by atoms with van der Waals surface area (Å²) >= 11 is 0. The lowest BCUT2D eigenvalue weighted by molar-refractivity contribution is 0.151. The van der Waals surface area contributed by atoms with Crippen LogP contribution in [0, 0.1) is 5.92 Å². The number of rotatable bonds is 4. The Hall–Kier alpha value is -2.53. The lowest BCUT2D eigenvalue weighted by Crippen LogP contribution is -2.49. The zero-order valence-corrected chi connectivity index (χ0v) is 15.8. The number of piperidine rings is 1. The van der Waals surface area contributed by atoms with Crippen LogP contribution in [0.4, 0.5) is 10.5 Å². The molecule has 5 heteroatoms. The first kappa shape index (κ1) is 17.9. The quantitative estimate of drug-likeness (QED) is 0.896. The molecule has 2 bridgehead atoms. The van der Waals surface area contributed by atoms with Gasteiger partial charge in [-0.1, -0.05) is 30.3 Å². The predicted molar refractivity (Wildman–Crippen MR) is 107 cm³/mol. The van der Waals surface area contributed by atoms with Crippen LogP contribution in [0.3, 0.4) is 0 Å². The van der Waals surface area contributed by atoms with Crippen molar-refractivity contribution in [3.8, 4) is 5.75 Å². The van der Waals surface area contributed by atoms with Crippen LogP contribution in [-0.4, -0.2) is 48.6 Å². The van der Waals surface area contributed by atoms with Gasteiger partial charge in [0.05, 0.1) is 7.11 Å². The highest BCUT2D eigenvalue weighted by molar-refractivity contribution is 5.89. The third-order valence-corrected chi connectivity index (χ3v) is 5.64. The Morgan fingerprint density at radius 3 is 2.56 bits per heavy atom. The van der Waals surface area contributed by atoms with E-state index in [1.54, 1.807) is 7.11 Å². The van der Waals surface area contributed by atoms with E-state index >= 15 is 0 Å². The number of nitrogens with zero attached hydrogens (tertiary/aromatic N) is 2. The summed E-state index contributed by atoms with van der Waals surface area (Å²) in [6, 6.07) is 18.3. The monoisotopic (exact) mass is 365 g/mol. The van der Waals surface area contributed by atoms with Gasteiger partial charge < -0.3 is 15.0 Å². The van der Waals surface area contributed by atoms with Gasteiger partial charge in [-0.3, -0.25) is 4.90 Å². The van der Waals surface area contributed by atoms with Crippen molar-refractivity contribution in [2.24, 2.45) is 5.92 Å². The number of carbonyl (C=O) groups excluding carboxylic acids is 1. The molecule has 0 radical (unpaired) electrons. The third-order valence-electron chi connectivity index (χ3n) is 5.64. The normalized spacial score (nSPS) is 22.3. The average molecular weight is 365 g/mol. The molecule has 5 rings (SSSR count). The number of ether oxygens (including phenoxy) is 1. The maximum Gasteiger partial charge on any atom is 0.322 e. The van der Waals surface area contributed by atoms with Gasteiger partial charge in [0.2, 0.25) is 0 Å². The van der Waals surface area contributed by atoms with Crippen molar-refractivity contribution in [1.29, 1.82) is 0 Å². The van der Waals surface area contributed by atoms with E-state index in [-0.39, 0.29) is 12.1 Å². The Labute approximate surface area is 160 Å². The summed E-state index contributed by atoms with van der Waals surface area (Å²) in [5.41, 5.74) is 2.15. The zero-order chi connectivity index (χ0) is 18.6. The second-order valence-electron chi connectivity index (χ2n) is 7.59. The fourth-order valence-electron chi connectivity index (χ4n) is 4.26. The lowest BCUT2D eigenvalue weighted by atomic mass is 9.95. The molecule has 0 saturated carbocycles. The number of fused-ring (bicyclic) bond motifs is 4. The van der Waals surface area contributed by atoms with Crippen molar-refractivity contribution in [2.75, 3.05) is 32.1 Å². The number of nitrogens with one attached hydrogen (secondary N) is 1. The van der Waals surface area contributed by atoms with Gasteiger partial charge in [0.1, 0.15) is 5.75 Å². The molecule has 3 aliphatic heterocycles. The van der Waals surface area contributed by atoms with Crippen molar-refractivity contribution in [3.63, 3.8) is 0 Å². The number of benzene rings is 2. The first-order valence-corrected chi connectivity index (χ1v) is 9.69. The minimum atomic E-state index is 0.0298. The van der Waals surface area contributed by atoms with Crippen molar-refractivity contribution < 1.29 is 9.53 Å². The first-order valence-electron chi connectivity index (χ1n) is 9.69. The molecule has 2 aromatic rings.